The fourth-order valence-electron chi connectivity index (χ4n) is 1.26. The average molecular weight is 267 g/mol. The lowest BCUT2D eigenvalue weighted by atomic mass is 10.2. The van der Waals surface area contributed by atoms with Crippen molar-refractivity contribution in [3.05, 3.63) is 34.6 Å². The van der Waals surface area contributed by atoms with Crippen LogP contribution in [0.4, 0.5) is 0 Å². The first-order valence-corrected chi connectivity index (χ1v) is 5.07. The van der Waals surface area contributed by atoms with Crippen LogP contribution in [0.5, 0.6) is 0 Å². The number of carboxylic acids is 1. The smallest absolute Gasteiger partial charge is 0.309 e. The SMILES string of the molecule is O=C(O)Cc1cnc2ccc(Br)cc2n1. The molecule has 0 amide bonds. The summed E-state index contributed by atoms with van der Waals surface area (Å²) in [4.78, 5) is 18.8. The molecule has 4 nitrogen and oxygen atoms in total. The molecule has 0 spiro atoms. The molecule has 15 heavy (non-hydrogen) atoms. The van der Waals surface area contributed by atoms with Crippen molar-refractivity contribution in [2.24, 2.45) is 0 Å². The summed E-state index contributed by atoms with van der Waals surface area (Å²) in [6.07, 6.45) is 1.39. The van der Waals surface area contributed by atoms with Gasteiger partial charge in [0, 0.05) is 10.7 Å². The molecule has 0 aliphatic heterocycles. The van der Waals surface area contributed by atoms with E-state index in [1.807, 2.05) is 18.2 Å². The van der Waals surface area contributed by atoms with E-state index in [2.05, 4.69) is 25.9 Å². The lowest BCUT2D eigenvalue weighted by molar-refractivity contribution is -0.136. The van der Waals surface area contributed by atoms with Crippen LogP contribution < -0.4 is 0 Å². The average Bonchev–Trinajstić information content (AvgIpc) is 2.16. The number of hydrogen-bond donors (Lipinski definition) is 1. The van der Waals surface area contributed by atoms with Crippen LogP contribution in [-0.2, 0) is 11.2 Å². The van der Waals surface area contributed by atoms with Crippen LogP contribution in [0.2, 0.25) is 0 Å². The first kappa shape index (κ1) is 10.0. The van der Waals surface area contributed by atoms with Crippen molar-refractivity contribution in [3.63, 3.8) is 0 Å². The maximum absolute atomic E-state index is 10.5. The number of benzene rings is 1. The molecule has 0 atom stereocenters. The Labute approximate surface area is 94.1 Å². The van der Waals surface area contributed by atoms with Gasteiger partial charge in [-0.2, -0.15) is 0 Å². The summed E-state index contributed by atoms with van der Waals surface area (Å²) in [5.74, 6) is -0.904. The number of aliphatic carboxylic acids is 1. The monoisotopic (exact) mass is 266 g/mol. The van der Waals surface area contributed by atoms with Gasteiger partial charge in [0.1, 0.15) is 0 Å². The third-order valence-electron chi connectivity index (χ3n) is 1.89. The molecule has 5 heteroatoms. The summed E-state index contributed by atoms with van der Waals surface area (Å²) in [7, 11) is 0. The van der Waals surface area contributed by atoms with E-state index in [1.54, 1.807) is 0 Å². The number of carbonyl (C=O) groups is 1. The van der Waals surface area contributed by atoms with Crippen LogP contribution in [0.3, 0.4) is 0 Å². The highest BCUT2D eigenvalue weighted by atomic mass is 79.9. The van der Waals surface area contributed by atoms with E-state index in [4.69, 9.17) is 5.11 Å². The third kappa shape index (κ3) is 2.30. The second-order valence-electron chi connectivity index (χ2n) is 3.06. The van der Waals surface area contributed by atoms with E-state index in [0.29, 0.717) is 11.2 Å². The highest BCUT2D eigenvalue weighted by Crippen LogP contribution is 2.16. The Bertz CT molecular complexity index is 528. The van der Waals surface area contributed by atoms with Gasteiger partial charge in [0.25, 0.3) is 0 Å². The third-order valence-corrected chi connectivity index (χ3v) is 2.38. The summed E-state index contributed by atoms with van der Waals surface area (Å²) in [5.41, 5.74) is 1.92. The zero-order valence-corrected chi connectivity index (χ0v) is 9.23. The molecule has 76 valence electrons. The number of hydrogen-bond acceptors (Lipinski definition) is 3. The van der Waals surface area contributed by atoms with Crippen molar-refractivity contribution >= 4 is 32.9 Å². The normalized spacial score (nSPS) is 10.5. The Morgan fingerprint density at radius 2 is 2.20 bits per heavy atom. The Balaban J connectivity index is 2.49. The van der Waals surface area contributed by atoms with Crippen molar-refractivity contribution < 1.29 is 9.90 Å². The fraction of sp³-hybridized carbons (Fsp3) is 0.100. The molecule has 0 bridgehead atoms. The number of aromatic nitrogens is 2. The summed E-state index contributed by atoms with van der Waals surface area (Å²) >= 11 is 3.32. The highest BCUT2D eigenvalue weighted by molar-refractivity contribution is 9.10. The van der Waals surface area contributed by atoms with Crippen LogP contribution in [0, 0.1) is 0 Å². The van der Waals surface area contributed by atoms with Crippen LogP contribution in [0.15, 0.2) is 28.9 Å². The Kier molecular flexibility index (Phi) is 2.64. The predicted octanol–water partition coefficient (Wildman–Crippen LogP) is 2.02. The highest BCUT2D eigenvalue weighted by Gasteiger charge is 2.04. The van der Waals surface area contributed by atoms with Gasteiger partial charge in [0.15, 0.2) is 0 Å². The molecular weight excluding hydrogens is 260 g/mol. The van der Waals surface area contributed by atoms with Gasteiger partial charge in [-0.05, 0) is 18.2 Å². The van der Waals surface area contributed by atoms with Crippen molar-refractivity contribution in [2.75, 3.05) is 0 Å². The zero-order chi connectivity index (χ0) is 10.8. The molecule has 0 radical (unpaired) electrons. The quantitative estimate of drug-likeness (QED) is 0.904. The van der Waals surface area contributed by atoms with E-state index in [0.717, 1.165) is 9.99 Å². The van der Waals surface area contributed by atoms with Gasteiger partial charge in [-0.25, -0.2) is 4.98 Å². The van der Waals surface area contributed by atoms with Gasteiger partial charge in [0.05, 0.1) is 23.1 Å². The zero-order valence-electron chi connectivity index (χ0n) is 7.64. The number of halogens is 1. The summed E-state index contributed by atoms with van der Waals surface area (Å²) in [6, 6.07) is 5.51. The van der Waals surface area contributed by atoms with Crippen LogP contribution >= 0.6 is 15.9 Å². The van der Waals surface area contributed by atoms with E-state index < -0.39 is 5.97 Å². The molecule has 2 aromatic rings. The van der Waals surface area contributed by atoms with Crippen LogP contribution in [0.25, 0.3) is 11.0 Å². The van der Waals surface area contributed by atoms with Gasteiger partial charge < -0.3 is 5.11 Å². The number of fused-ring (bicyclic) bond motifs is 1. The predicted molar refractivity (Wildman–Crippen MR) is 58.6 cm³/mol. The molecule has 1 aromatic carbocycles. The minimum atomic E-state index is -0.904. The standard InChI is InChI=1S/C10H7BrN2O2/c11-6-1-2-8-9(3-6)13-7(5-12-8)4-10(14)15/h1-3,5H,4H2,(H,14,15). The molecular formula is C10H7BrN2O2. The summed E-state index contributed by atoms with van der Waals surface area (Å²) in [6.45, 7) is 0. The first-order valence-electron chi connectivity index (χ1n) is 4.28. The summed E-state index contributed by atoms with van der Waals surface area (Å²) in [5, 5.41) is 8.62. The van der Waals surface area contributed by atoms with Gasteiger partial charge >= 0.3 is 5.97 Å². The molecule has 0 saturated heterocycles. The van der Waals surface area contributed by atoms with Crippen molar-refractivity contribution in [1.82, 2.24) is 9.97 Å². The van der Waals surface area contributed by atoms with E-state index >= 15 is 0 Å². The maximum Gasteiger partial charge on any atom is 0.309 e. The number of carboxylic acid groups (broad SMARTS) is 1. The minimum Gasteiger partial charge on any atom is -0.481 e. The second kappa shape index (κ2) is 3.94. The molecule has 1 aromatic heterocycles. The molecule has 0 aliphatic rings. The topological polar surface area (TPSA) is 63.1 Å². The fourth-order valence-corrected chi connectivity index (χ4v) is 1.61. The number of rotatable bonds is 2. The summed E-state index contributed by atoms with van der Waals surface area (Å²) < 4.78 is 0.900. The largest absolute Gasteiger partial charge is 0.481 e. The van der Waals surface area contributed by atoms with E-state index in [-0.39, 0.29) is 6.42 Å². The minimum absolute atomic E-state index is 0.102. The lowest BCUT2D eigenvalue weighted by Gasteiger charge is -2.00. The number of nitrogens with zero attached hydrogens (tertiary/aromatic N) is 2. The van der Waals surface area contributed by atoms with Crippen molar-refractivity contribution in [1.29, 1.82) is 0 Å². The van der Waals surface area contributed by atoms with Crippen molar-refractivity contribution in [2.45, 2.75) is 6.42 Å². The van der Waals surface area contributed by atoms with Gasteiger partial charge in [-0.15, -0.1) is 0 Å². The van der Waals surface area contributed by atoms with Gasteiger partial charge in [-0.1, -0.05) is 15.9 Å². The molecule has 0 fully saturated rings. The molecule has 0 saturated carbocycles. The van der Waals surface area contributed by atoms with Crippen LogP contribution in [-0.4, -0.2) is 21.0 Å². The van der Waals surface area contributed by atoms with Gasteiger partial charge in [-0.3, -0.25) is 9.78 Å². The Hall–Kier alpha value is -1.49. The molecule has 0 unspecified atom stereocenters. The second-order valence-corrected chi connectivity index (χ2v) is 3.98. The van der Waals surface area contributed by atoms with Crippen molar-refractivity contribution in [3.8, 4) is 0 Å². The molecule has 1 N–H and O–H groups in total. The molecule has 0 aliphatic carbocycles. The molecule has 2 rings (SSSR count). The molecule has 1 heterocycles. The van der Waals surface area contributed by atoms with Crippen LogP contribution in [0.1, 0.15) is 5.69 Å². The van der Waals surface area contributed by atoms with Gasteiger partial charge in [0.2, 0.25) is 0 Å². The Morgan fingerprint density at radius 1 is 1.40 bits per heavy atom. The lowest BCUT2D eigenvalue weighted by Crippen LogP contribution is -2.03. The Morgan fingerprint density at radius 3 is 2.93 bits per heavy atom. The maximum atomic E-state index is 10.5. The van der Waals surface area contributed by atoms with E-state index in [1.165, 1.54) is 6.20 Å². The van der Waals surface area contributed by atoms with E-state index in [9.17, 15) is 4.79 Å². The first-order chi connectivity index (χ1) is 7.15.